The minimum atomic E-state index is -0.721. The Labute approximate surface area is 85.1 Å². The van der Waals surface area contributed by atoms with Crippen LogP contribution in [0.5, 0.6) is 0 Å². The molecule has 1 amide bonds. The van der Waals surface area contributed by atoms with E-state index in [4.69, 9.17) is 0 Å². The summed E-state index contributed by atoms with van der Waals surface area (Å²) >= 11 is 0. The Morgan fingerprint density at radius 3 is 2.73 bits per heavy atom. The van der Waals surface area contributed by atoms with Gasteiger partial charge in [0.15, 0.2) is 0 Å². The zero-order valence-electron chi connectivity index (χ0n) is 7.80. The van der Waals surface area contributed by atoms with Gasteiger partial charge in [0.25, 0.3) is 0 Å². The Bertz CT molecular complexity index is 380. The van der Waals surface area contributed by atoms with Crippen molar-refractivity contribution < 1.29 is 18.4 Å². The monoisotopic (exact) mass is 213 g/mol. The quantitative estimate of drug-likeness (QED) is 0.602. The van der Waals surface area contributed by atoms with Gasteiger partial charge in [0.1, 0.15) is 17.9 Å². The van der Waals surface area contributed by atoms with Crippen molar-refractivity contribution in [1.82, 2.24) is 5.32 Å². The Hall–Kier alpha value is -1.78. The number of halogens is 2. The molecular formula is C10H9F2NO2. The van der Waals surface area contributed by atoms with Gasteiger partial charge in [0.05, 0.1) is 6.42 Å². The zero-order valence-corrected chi connectivity index (χ0v) is 7.80. The predicted octanol–water partition coefficient (Wildman–Crippen LogP) is 1.17. The van der Waals surface area contributed by atoms with E-state index in [1.807, 2.05) is 0 Å². The summed E-state index contributed by atoms with van der Waals surface area (Å²) in [6.07, 6.45) is 0.194. The first kappa shape index (κ1) is 11.3. The highest BCUT2D eigenvalue weighted by Crippen LogP contribution is 2.08. The predicted molar refractivity (Wildman–Crippen MR) is 48.9 cm³/mol. The fourth-order valence-electron chi connectivity index (χ4n) is 1.01. The molecule has 0 heterocycles. The Morgan fingerprint density at radius 1 is 1.40 bits per heavy atom. The van der Waals surface area contributed by atoms with Crippen molar-refractivity contribution in [2.75, 3.05) is 0 Å². The average Bonchev–Trinajstić information content (AvgIpc) is 2.17. The van der Waals surface area contributed by atoms with Gasteiger partial charge >= 0.3 is 0 Å². The minimum absolute atomic E-state index is 0.0568. The van der Waals surface area contributed by atoms with Crippen molar-refractivity contribution in [2.45, 2.75) is 13.0 Å². The maximum absolute atomic E-state index is 13.0. The highest BCUT2D eigenvalue weighted by atomic mass is 19.1. The van der Waals surface area contributed by atoms with Gasteiger partial charge in [-0.05, 0) is 6.07 Å². The summed E-state index contributed by atoms with van der Waals surface area (Å²) in [6, 6.07) is 3.08. The number of hydrogen-bond donors (Lipinski definition) is 1. The average molecular weight is 213 g/mol. The first-order chi connectivity index (χ1) is 7.13. The molecule has 1 N–H and O–H groups in total. The zero-order chi connectivity index (χ0) is 11.3. The smallest absolute Gasteiger partial charge is 0.227 e. The van der Waals surface area contributed by atoms with E-state index in [9.17, 15) is 18.4 Å². The second-order valence-electron chi connectivity index (χ2n) is 2.88. The highest BCUT2D eigenvalue weighted by molar-refractivity contribution is 5.87. The highest BCUT2D eigenvalue weighted by Gasteiger charge is 2.05. The molecule has 1 rings (SSSR count). The molecule has 3 nitrogen and oxygen atoms in total. The van der Waals surface area contributed by atoms with Gasteiger partial charge in [-0.2, -0.15) is 0 Å². The van der Waals surface area contributed by atoms with Crippen LogP contribution in [0.2, 0.25) is 0 Å². The van der Waals surface area contributed by atoms with Gasteiger partial charge in [-0.25, -0.2) is 8.78 Å². The number of aldehydes is 1. The summed E-state index contributed by atoms with van der Waals surface area (Å²) < 4.78 is 25.5. The maximum Gasteiger partial charge on any atom is 0.227 e. The Kier molecular flexibility index (Phi) is 3.91. The van der Waals surface area contributed by atoms with E-state index in [0.29, 0.717) is 6.29 Å². The van der Waals surface area contributed by atoms with Crippen LogP contribution in [0.3, 0.4) is 0 Å². The van der Waals surface area contributed by atoms with Gasteiger partial charge in [-0.15, -0.1) is 0 Å². The lowest BCUT2D eigenvalue weighted by Gasteiger charge is -2.04. The number of carbonyl (C=O) groups is 2. The number of carbonyl (C=O) groups excluding carboxylic acids is 2. The van der Waals surface area contributed by atoms with Gasteiger partial charge < -0.3 is 10.1 Å². The van der Waals surface area contributed by atoms with Crippen molar-refractivity contribution in [2.24, 2.45) is 0 Å². The standard InChI is InChI=1S/C10H9F2NO2/c11-8-2-1-7(9(12)5-8)6-13-10(15)3-4-14/h1-2,4-5H,3,6H2,(H,13,15). The number of nitrogens with one attached hydrogen (secondary N) is 1. The van der Waals surface area contributed by atoms with E-state index in [0.717, 1.165) is 12.1 Å². The van der Waals surface area contributed by atoms with E-state index in [-0.39, 0.29) is 18.5 Å². The van der Waals surface area contributed by atoms with Crippen LogP contribution >= 0.6 is 0 Å². The summed E-state index contributed by atoms with van der Waals surface area (Å²) in [4.78, 5) is 20.8. The molecule has 15 heavy (non-hydrogen) atoms. The van der Waals surface area contributed by atoms with E-state index in [1.165, 1.54) is 6.07 Å². The lowest BCUT2D eigenvalue weighted by molar-refractivity contribution is -0.124. The van der Waals surface area contributed by atoms with Crippen LogP contribution in [-0.4, -0.2) is 12.2 Å². The molecule has 1 aromatic carbocycles. The molecule has 5 heteroatoms. The van der Waals surface area contributed by atoms with E-state index < -0.39 is 17.5 Å². The summed E-state index contributed by atoms with van der Waals surface area (Å²) in [5.74, 6) is -1.88. The first-order valence-corrected chi connectivity index (χ1v) is 4.27. The molecule has 0 aliphatic rings. The molecule has 0 aliphatic carbocycles. The van der Waals surface area contributed by atoms with Crippen LogP contribution in [0, 0.1) is 11.6 Å². The van der Waals surface area contributed by atoms with Crippen LogP contribution in [0.1, 0.15) is 12.0 Å². The molecule has 0 saturated heterocycles. The molecule has 0 aromatic heterocycles. The van der Waals surface area contributed by atoms with Crippen molar-refractivity contribution in [3.8, 4) is 0 Å². The van der Waals surface area contributed by atoms with Gasteiger partial charge in [0, 0.05) is 18.2 Å². The van der Waals surface area contributed by atoms with Crippen LogP contribution in [0.4, 0.5) is 8.78 Å². The molecule has 0 bridgehead atoms. The fraction of sp³-hybridized carbons (Fsp3) is 0.200. The number of rotatable bonds is 4. The van der Waals surface area contributed by atoms with E-state index in [1.54, 1.807) is 0 Å². The third-order valence-corrected chi connectivity index (χ3v) is 1.76. The van der Waals surface area contributed by atoms with E-state index >= 15 is 0 Å². The van der Waals surface area contributed by atoms with Crippen LogP contribution < -0.4 is 5.32 Å². The summed E-state index contributed by atoms with van der Waals surface area (Å²) in [5.41, 5.74) is 0.177. The summed E-state index contributed by atoms with van der Waals surface area (Å²) in [7, 11) is 0. The third-order valence-electron chi connectivity index (χ3n) is 1.76. The second-order valence-corrected chi connectivity index (χ2v) is 2.88. The van der Waals surface area contributed by atoms with Gasteiger partial charge in [-0.3, -0.25) is 4.79 Å². The van der Waals surface area contributed by atoms with Crippen molar-refractivity contribution in [3.05, 3.63) is 35.4 Å². The minimum Gasteiger partial charge on any atom is -0.352 e. The Balaban J connectivity index is 2.57. The normalized spacial score (nSPS) is 9.73. The number of hydrogen-bond acceptors (Lipinski definition) is 2. The third kappa shape index (κ3) is 3.46. The molecule has 0 unspecified atom stereocenters. The van der Waals surface area contributed by atoms with Gasteiger partial charge in [-0.1, -0.05) is 6.07 Å². The van der Waals surface area contributed by atoms with Crippen molar-refractivity contribution in [1.29, 1.82) is 0 Å². The van der Waals surface area contributed by atoms with E-state index in [2.05, 4.69) is 5.32 Å². The second kappa shape index (κ2) is 5.19. The molecule has 0 radical (unpaired) electrons. The molecule has 0 saturated carbocycles. The van der Waals surface area contributed by atoms with Crippen molar-refractivity contribution >= 4 is 12.2 Å². The molecule has 0 spiro atoms. The van der Waals surface area contributed by atoms with Crippen LogP contribution in [0.25, 0.3) is 0 Å². The largest absolute Gasteiger partial charge is 0.352 e. The molecular weight excluding hydrogens is 204 g/mol. The van der Waals surface area contributed by atoms with Crippen LogP contribution in [-0.2, 0) is 16.1 Å². The fourth-order valence-corrected chi connectivity index (χ4v) is 1.01. The Morgan fingerprint density at radius 2 is 2.13 bits per heavy atom. The lowest BCUT2D eigenvalue weighted by atomic mass is 10.2. The van der Waals surface area contributed by atoms with Crippen LogP contribution in [0.15, 0.2) is 18.2 Å². The first-order valence-electron chi connectivity index (χ1n) is 4.27. The number of benzene rings is 1. The molecule has 0 aliphatic heterocycles. The SMILES string of the molecule is O=CCC(=O)NCc1ccc(F)cc1F. The molecule has 0 fully saturated rings. The lowest BCUT2D eigenvalue weighted by Crippen LogP contribution is -2.23. The van der Waals surface area contributed by atoms with Crippen molar-refractivity contribution in [3.63, 3.8) is 0 Å². The molecule has 80 valence electrons. The summed E-state index contributed by atoms with van der Waals surface area (Å²) in [5, 5.41) is 2.33. The molecule has 1 aromatic rings. The maximum atomic E-state index is 13.0. The van der Waals surface area contributed by atoms with Gasteiger partial charge in [0.2, 0.25) is 5.91 Å². The number of amides is 1. The topological polar surface area (TPSA) is 46.2 Å². The summed E-state index contributed by atoms with van der Waals surface area (Å²) in [6.45, 7) is -0.0568. The molecule has 0 atom stereocenters.